The molecule has 2 aromatic carbocycles. The lowest BCUT2D eigenvalue weighted by Crippen LogP contribution is -2.70. The molecule has 0 spiro atoms. The van der Waals surface area contributed by atoms with Crippen LogP contribution in [0.5, 0.6) is 0 Å². The van der Waals surface area contributed by atoms with Crippen molar-refractivity contribution >= 4 is 58.2 Å². The van der Waals surface area contributed by atoms with Gasteiger partial charge in [-0.25, -0.2) is 24.2 Å². The van der Waals surface area contributed by atoms with Crippen LogP contribution in [0, 0.1) is 5.92 Å². The number of benzene rings is 2. The molecule has 3 N–H and O–H groups in total. The highest BCUT2D eigenvalue weighted by atomic mass is 32.1. The molecular formula is C48H60N10O11S. The quantitative estimate of drug-likeness (QED) is 0.0386. The van der Waals surface area contributed by atoms with E-state index in [1.165, 1.54) is 21.3 Å². The van der Waals surface area contributed by atoms with E-state index in [1.807, 2.05) is 60.7 Å². The lowest BCUT2D eigenvalue weighted by Gasteiger charge is -2.41. The molecule has 3 aliphatic rings. The summed E-state index contributed by atoms with van der Waals surface area (Å²) >= 11 is 0.988. The second kappa shape index (κ2) is 20.5. The fraction of sp³-hybridized carbons (Fsp3) is 0.500. The Hall–Kier alpha value is -7.10. The van der Waals surface area contributed by atoms with E-state index in [1.54, 1.807) is 67.2 Å². The number of thiazole rings is 1. The Bertz CT molecular complexity index is 2530. The number of carbonyl (C=O) groups excluding carboxylic acids is 6. The van der Waals surface area contributed by atoms with Gasteiger partial charge in [0, 0.05) is 43.8 Å². The minimum atomic E-state index is -1.52. The number of aromatic nitrogens is 4. The first kappa shape index (κ1) is 50.8. The van der Waals surface area contributed by atoms with Gasteiger partial charge in [0.15, 0.2) is 16.9 Å². The molecule has 0 radical (unpaired) electrons. The number of amides is 5. The standard InChI is InChI=1S/C48H60N10O11S/c1-45(2,3)66-42(62)53-41-51-34(28-70-41)36(55-69-48(20-21-48)40(61)65-37(30-16-12-10-13-17-30)31-18-14-11-15-19-31)39(60)52-35-33(50-38(35)59)27-58-49-22-32(54-58)26-57(44(64)68-47(7,8)9)25-29-23-56(24-29)43(63)67-46(4,5)6/h10-19,22,28-29,33,35,37H,20-21,23-27H2,1-9H3,(H,50,59)(H,52,60)(H,51,53,62)/t33-,35+/m1/s1. The first-order chi connectivity index (χ1) is 32.9. The largest absolute Gasteiger partial charge is 0.450 e. The highest BCUT2D eigenvalue weighted by Crippen LogP contribution is 2.43. The van der Waals surface area contributed by atoms with Gasteiger partial charge in [0.2, 0.25) is 11.5 Å². The van der Waals surface area contributed by atoms with Crippen LogP contribution in [0.1, 0.15) is 104 Å². The fourth-order valence-corrected chi connectivity index (χ4v) is 7.93. The third-order valence-electron chi connectivity index (χ3n) is 10.7. The summed E-state index contributed by atoms with van der Waals surface area (Å²) in [6.07, 6.45) is -0.523. The molecule has 2 atom stereocenters. The van der Waals surface area contributed by atoms with Crippen molar-refractivity contribution < 1.29 is 52.6 Å². The number of likely N-dealkylation sites (tertiary alicyclic amines) is 1. The van der Waals surface area contributed by atoms with Crippen LogP contribution in [0.3, 0.4) is 0 Å². The Morgan fingerprint density at radius 2 is 1.50 bits per heavy atom. The summed E-state index contributed by atoms with van der Waals surface area (Å²) in [5, 5.41) is 22.7. The molecule has 70 heavy (non-hydrogen) atoms. The molecule has 2 aromatic heterocycles. The fourth-order valence-electron chi connectivity index (χ4n) is 7.25. The summed E-state index contributed by atoms with van der Waals surface area (Å²) in [7, 11) is 0. The molecule has 1 saturated carbocycles. The van der Waals surface area contributed by atoms with Crippen LogP contribution in [-0.4, -0.2) is 126 Å². The van der Waals surface area contributed by atoms with Gasteiger partial charge in [0.25, 0.3) is 5.91 Å². The van der Waals surface area contributed by atoms with Gasteiger partial charge in [-0.2, -0.15) is 15.0 Å². The molecule has 1 aliphatic carbocycles. The molecule has 2 aliphatic heterocycles. The molecule has 22 heteroatoms. The van der Waals surface area contributed by atoms with Gasteiger partial charge in [0.1, 0.15) is 34.2 Å². The van der Waals surface area contributed by atoms with Gasteiger partial charge >= 0.3 is 24.2 Å². The molecule has 2 saturated heterocycles. The molecule has 4 aromatic rings. The van der Waals surface area contributed by atoms with E-state index in [4.69, 9.17) is 23.8 Å². The van der Waals surface area contributed by atoms with Crippen LogP contribution >= 0.6 is 11.3 Å². The number of β-lactam (4-membered cyclic amide) rings is 1. The number of carbonyl (C=O) groups is 6. The van der Waals surface area contributed by atoms with Crippen molar-refractivity contribution in [2.45, 2.75) is 129 Å². The van der Waals surface area contributed by atoms with Crippen LogP contribution in [0.25, 0.3) is 0 Å². The van der Waals surface area contributed by atoms with E-state index in [0.717, 1.165) is 22.5 Å². The normalized spacial score (nSPS) is 17.8. The number of oxime groups is 1. The third kappa shape index (κ3) is 13.6. The van der Waals surface area contributed by atoms with Crippen LogP contribution in [0.15, 0.2) is 77.4 Å². The van der Waals surface area contributed by atoms with E-state index in [2.05, 4.69) is 36.3 Å². The minimum absolute atomic E-state index is 0.0205. The number of esters is 1. The molecule has 0 bridgehead atoms. The topological polar surface area (TPSA) is 247 Å². The summed E-state index contributed by atoms with van der Waals surface area (Å²) in [4.78, 5) is 94.5. The number of ether oxygens (including phenoxy) is 4. The van der Waals surface area contributed by atoms with E-state index in [9.17, 15) is 28.8 Å². The molecule has 4 heterocycles. The second-order valence-electron chi connectivity index (χ2n) is 20.4. The monoisotopic (exact) mass is 984 g/mol. The zero-order chi connectivity index (χ0) is 50.6. The van der Waals surface area contributed by atoms with Crippen molar-refractivity contribution in [2.24, 2.45) is 11.1 Å². The molecule has 374 valence electrons. The zero-order valence-electron chi connectivity index (χ0n) is 40.7. The maximum atomic E-state index is 14.2. The van der Waals surface area contributed by atoms with Gasteiger partial charge in [-0.1, -0.05) is 65.8 Å². The van der Waals surface area contributed by atoms with E-state index >= 15 is 0 Å². The Kier molecular flexibility index (Phi) is 14.8. The van der Waals surface area contributed by atoms with E-state index < -0.39 is 76.7 Å². The van der Waals surface area contributed by atoms with Crippen molar-refractivity contribution in [1.82, 2.24) is 40.4 Å². The predicted octanol–water partition coefficient (Wildman–Crippen LogP) is 5.96. The molecule has 21 nitrogen and oxygen atoms in total. The molecule has 3 fully saturated rings. The Morgan fingerprint density at radius 3 is 2.07 bits per heavy atom. The van der Waals surface area contributed by atoms with Crippen molar-refractivity contribution in [1.29, 1.82) is 0 Å². The summed E-state index contributed by atoms with van der Waals surface area (Å²) in [6, 6.07) is 16.7. The van der Waals surface area contributed by atoms with Crippen molar-refractivity contribution in [3.63, 3.8) is 0 Å². The highest BCUT2D eigenvalue weighted by molar-refractivity contribution is 7.14. The van der Waals surface area contributed by atoms with E-state index in [0.29, 0.717) is 18.8 Å². The number of hydrogen-bond donors (Lipinski definition) is 3. The number of hydrogen-bond acceptors (Lipinski definition) is 16. The van der Waals surface area contributed by atoms with Gasteiger partial charge in [-0.3, -0.25) is 14.9 Å². The summed E-state index contributed by atoms with van der Waals surface area (Å²) in [6.45, 7) is 17.0. The van der Waals surface area contributed by atoms with Crippen LogP contribution in [0.2, 0.25) is 0 Å². The second-order valence-corrected chi connectivity index (χ2v) is 21.2. The summed E-state index contributed by atoms with van der Waals surface area (Å²) < 4.78 is 22.6. The van der Waals surface area contributed by atoms with Crippen molar-refractivity contribution in [3.8, 4) is 0 Å². The summed E-state index contributed by atoms with van der Waals surface area (Å²) in [5.74, 6) is -2.08. The average Bonchev–Trinajstić information content (AvgIpc) is 3.69. The first-order valence-corrected chi connectivity index (χ1v) is 23.8. The molecular weight excluding hydrogens is 925 g/mol. The van der Waals surface area contributed by atoms with Crippen LogP contribution < -0.4 is 16.0 Å². The number of rotatable bonds is 16. The molecule has 7 rings (SSSR count). The molecule has 5 amide bonds. The van der Waals surface area contributed by atoms with Crippen LogP contribution in [0.4, 0.5) is 19.5 Å². The smallest absolute Gasteiger partial charge is 0.413 e. The maximum Gasteiger partial charge on any atom is 0.413 e. The van der Waals surface area contributed by atoms with Gasteiger partial charge in [0.05, 0.1) is 25.3 Å². The number of nitrogens with zero attached hydrogens (tertiary/aromatic N) is 7. The first-order valence-electron chi connectivity index (χ1n) is 22.9. The Morgan fingerprint density at radius 1 is 0.886 bits per heavy atom. The zero-order valence-corrected chi connectivity index (χ0v) is 41.5. The third-order valence-corrected chi connectivity index (χ3v) is 11.5. The Balaban J connectivity index is 1.04. The highest BCUT2D eigenvalue weighted by Gasteiger charge is 2.57. The van der Waals surface area contributed by atoms with Gasteiger partial charge in [-0.05, 0) is 73.4 Å². The van der Waals surface area contributed by atoms with Crippen molar-refractivity contribution in [3.05, 3.63) is 94.8 Å². The predicted molar refractivity (Wildman–Crippen MR) is 254 cm³/mol. The van der Waals surface area contributed by atoms with E-state index in [-0.39, 0.29) is 54.9 Å². The SMILES string of the molecule is CC(C)(C)OC(=O)Nc1nc(C(=NOC2(C(=O)OC(c3ccccc3)c3ccccc3)CC2)C(=O)N[C@@H]2C(=O)N[C@@H]2Cn2ncc(CN(CC3CN(C(=O)OC(C)(C)C)C3)C(=O)OC(C)(C)C)n2)cs1. The van der Waals surface area contributed by atoms with Crippen LogP contribution in [-0.2, 0) is 51.3 Å². The van der Waals surface area contributed by atoms with Gasteiger partial charge in [-0.15, -0.1) is 11.3 Å². The van der Waals surface area contributed by atoms with Crippen molar-refractivity contribution in [2.75, 3.05) is 25.0 Å². The average molecular weight is 985 g/mol. The molecule has 0 unspecified atom stereocenters. The Labute approximate surface area is 409 Å². The number of nitrogens with one attached hydrogen (secondary N) is 3. The lowest BCUT2D eigenvalue weighted by atomic mass is 9.98. The lowest BCUT2D eigenvalue weighted by molar-refractivity contribution is -0.164. The maximum absolute atomic E-state index is 14.2. The minimum Gasteiger partial charge on any atom is -0.450 e. The van der Waals surface area contributed by atoms with Gasteiger partial charge < -0.3 is 44.2 Å². The summed E-state index contributed by atoms with van der Waals surface area (Å²) in [5.41, 5.74) is -2.21. The number of anilines is 1.